The molecule has 2 aromatic carbocycles. The number of nitriles is 1. The van der Waals surface area contributed by atoms with Gasteiger partial charge in [-0.1, -0.05) is 34.1 Å². The van der Waals surface area contributed by atoms with E-state index in [1.807, 2.05) is 28.9 Å². The third-order valence-electron chi connectivity index (χ3n) is 3.74. The largest absolute Gasteiger partial charge is 0.465 e. The molecule has 0 radical (unpaired) electrons. The van der Waals surface area contributed by atoms with Gasteiger partial charge in [0.05, 0.1) is 42.1 Å². The van der Waals surface area contributed by atoms with Gasteiger partial charge in [-0.3, -0.25) is 4.68 Å². The van der Waals surface area contributed by atoms with Crippen molar-refractivity contribution in [3.63, 3.8) is 0 Å². The first-order valence-corrected chi connectivity index (χ1v) is 8.41. The average Bonchev–Trinajstić information content (AvgIpc) is 2.98. The number of rotatable bonds is 4. The van der Waals surface area contributed by atoms with Crippen LogP contribution in [-0.4, -0.2) is 22.9 Å². The molecule has 0 spiro atoms. The van der Waals surface area contributed by atoms with Crippen LogP contribution in [0.2, 0.25) is 0 Å². The normalized spacial score (nSPS) is 10.5. The second kappa shape index (κ2) is 6.85. The van der Waals surface area contributed by atoms with E-state index in [1.54, 1.807) is 12.1 Å². The summed E-state index contributed by atoms with van der Waals surface area (Å²) in [6.45, 7) is 0.465. The molecule has 3 aromatic rings. The van der Waals surface area contributed by atoms with Crippen molar-refractivity contribution >= 4 is 32.8 Å². The molecule has 0 saturated heterocycles. The number of carbonyl (C=O) groups excluding carboxylic acids is 1. The molecule has 1 heterocycles. The van der Waals surface area contributed by atoms with Crippen molar-refractivity contribution in [3.8, 4) is 6.07 Å². The predicted octanol–water partition coefficient (Wildman–Crippen LogP) is 3.64. The van der Waals surface area contributed by atoms with E-state index in [9.17, 15) is 10.1 Å². The minimum atomic E-state index is -0.458. The number of benzene rings is 2. The first kappa shape index (κ1) is 16.2. The Labute approximate surface area is 147 Å². The van der Waals surface area contributed by atoms with Crippen LogP contribution in [0.25, 0.3) is 10.9 Å². The standard InChI is InChI=1S/C18H14BrN3O2/c1-24-18(23)14-7-12(10-20)6-13(8-14)11-22-17-5-3-2-4-15(17)16(9-19)21-22/h2-8H,9,11H2,1H3. The highest BCUT2D eigenvalue weighted by Gasteiger charge is 2.12. The maximum atomic E-state index is 11.8. The molecule has 0 fully saturated rings. The second-order valence-electron chi connectivity index (χ2n) is 5.28. The van der Waals surface area contributed by atoms with Crippen molar-refractivity contribution in [2.75, 3.05) is 7.11 Å². The Kier molecular flexibility index (Phi) is 4.63. The number of carbonyl (C=O) groups is 1. The molecular weight excluding hydrogens is 370 g/mol. The lowest BCUT2D eigenvalue weighted by Gasteiger charge is -2.07. The fourth-order valence-electron chi connectivity index (χ4n) is 2.67. The highest BCUT2D eigenvalue weighted by atomic mass is 79.9. The van der Waals surface area contributed by atoms with Crippen LogP contribution in [0.15, 0.2) is 42.5 Å². The summed E-state index contributed by atoms with van der Waals surface area (Å²) < 4.78 is 6.63. The van der Waals surface area contributed by atoms with Crippen molar-refractivity contribution < 1.29 is 9.53 Å². The molecule has 0 atom stereocenters. The summed E-state index contributed by atoms with van der Waals surface area (Å²) in [5, 5.41) is 15.6. The molecule has 0 aliphatic carbocycles. The van der Waals surface area contributed by atoms with Gasteiger partial charge in [-0.15, -0.1) is 0 Å². The minimum absolute atomic E-state index is 0.365. The van der Waals surface area contributed by atoms with E-state index in [4.69, 9.17) is 4.74 Å². The molecule has 6 heteroatoms. The van der Waals surface area contributed by atoms with E-state index in [-0.39, 0.29) is 0 Å². The second-order valence-corrected chi connectivity index (χ2v) is 5.84. The number of methoxy groups -OCH3 is 1. The topological polar surface area (TPSA) is 67.9 Å². The first-order chi connectivity index (χ1) is 11.7. The minimum Gasteiger partial charge on any atom is -0.465 e. The molecule has 1 aromatic heterocycles. The molecule has 5 nitrogen and oxygen atoms in total. The molecule has 120 valence electrons. The molecule has 0 N–H and O–H groups in total. The molecule has 0 bridgehead atoms. The molecule has 0 amide bonds. The van der Waals surface area contributed by atoms with E-state index in [0.717, 1.165) is 22.2 Å². The Morgan fingerprint density at radius 1 is 1.33 bits per heavy atom. The highest BCUT2D eigenvalue weighted by molar-refractivity contribution is 9.08. The molecule has 0 aliphatic rings. The van der Waals surface area contributed by atoms with E-state index in [0.29, 0.717) is 23.0 Å². The zero-order chi connectivity index (χ0) is 17.1. The van der Waals surface area contributed by atoms with Gasteiger partial charge >= 0.3 is 5.97 Å². The van der Waals surface area contributed by atoms with Crippen molar-refractivity contribution in [2.45, 2.75) is 11.9 Å². The quantitative estimate of drug-likeness (QED) is 0.509. The van der Waals surface area contributed by atoms with Gasteiger partial charge in [0.2, 0.25) is 0 Å². The lowest BCUT2D eigenvalue weighted by molar-refractivity contribution is 0.0600. The third-order valence-corrected chi connectivity index (χ3v) is 4.27. The van der Waals surface area contributed by atoms with Crippen LogP contribution in [0.4, 0.5) is 0 Å². The Morgan fingerprint density at radius 3 is 2.83 bits per heavy atom. The van der Waals surface area contributed by atoms with Crippen LogP contribution in [-0.2, 0) is 16.6 Å². The number of alkyl halides is 1. The average molecular weight is 384 g/mol. The van der Waals surface area contributed by atoms with E-state index in [1.165, 1.54) is 13.2 Å². The SMILES string of the molecule is COC(=O)c1cc(C#N)cc(Cn2nc(CBr)c3ccccc32)c1. The van der Waals surface area contributed by atoms with Crippen LogP contribution < -0.4 is 0 Å². The number of esters is 1. The Bertz CT molecular complexity index is 957. The van der Waals surface area contributed by atoms with Gasteiger partial charge in [-0.25, -0.2) is 4.79 Å². The van der Waals surface area contributed by atoms with Crippen molar-refractivity contribution in [1.82, 2.24) is 9.78 Å². The lowest BCUT2D eigenvalue weighted by Crippen LogP contribution is -2.06. The van der Waals surface area contributed by atoms with Crippen molar-refractivity contribution in [1.29, 1.82) is 5.26 Å². The maximum Gasteiger partial charge on any atom is 0.337 e. The van der Waals surface area contributed by atoms with Gasteiger partial charge in [-0.2, -0.15) is 10.4 Å². The summed E-state index contributed by atoms with van der Waals surface area (Å²) in [5.74, 6) is -0.458. The van der Waals surface area contributed by atoms with Gasteiger partial charge in [0.1, 0.15) is 0 Å². The highest BCUT2D eigenvalue weighted by Crippen LogP contribution is 2.22. The van der Waals surface area contributed by atoms with Crippen molar-refractivity contribution in [2.24, 2.45) is 0 Å². The monoisotopic (exact) mass is 383 g/mol. The number of para-hydroxylation sites is 1. The zero-order valence-electron chi connectivity index (χ0n) is 13.0. The van der Waals surface area contributed by atoms with Crippen LogP contribution in [0.1, 0.15) is 27.2 Å². The molecular formula is C18H14BrN3O2. The number of nitrogens with zero attached hydrogens (tertiary/aromatic N) is 3. The molecule has 3 rings (SSSR count). The summed E-state index contributed by atoms with van der Waals surface area (Å²) >= 11 is 3.46. The Hall–Kier alpha value is -2.65. The maximum absolute atomic E-state index is 11.8. The first-order valence-electron chi connectivity index (χ1n) is 7.29. The van der Waals surface area contributed by atoms with Crippen LogP contribution in [0, 0.1) is 11.3 Å². The number of aromatic nitrogens is 2. The summed E-state index contributed by atoms with van der Waals surface area (Å²) in [6.07, 6.45) is 0. The zero-order valence-corrected chi connectivity index (χ0v) is 14.6. The van der Waals surface area contributed by atoms with E-state index >= 15 is 0 Å². The van der Waals surface area contributed by atoms with E-state index in [2.05, 4.69) is 27.1 Å². The molecule has 0 unspecified atom stereocenters. The van der Waals surface area contributed by atoms with Gasteiger partial charge in [0.25, 0.3) is 0 Å². The van der Waals surface area contributed by atoms with Gasteiger partial charge < -0.3 is 4.74 Å². The summed E-state index contributed by atoms with van der Waals surface area (Å²) in [4.78, 5) is 11.8. The number of fused-ring (bicyclic) bond motifs is 1. The van der Waals surface area contributed by atoms with Crippen LogP contribution >= 0.6 is 15.9 Å². The smallest absolute Gasteiger partial charge is 0.337 e. The number of halogens is 1. The number of hydrogen-bond acceptors (Lipinski definition) is 4. The predicted molar refractivity (Wildman–Crippen MR) is 94.0 cm³/mol. The lowest BCUT2D eigenvalue weighted by atomic mass is 10.1. The van der Waals surface area contributed by atoms with Crippen LogP contribution in [0.3, 0.4) is 0 Å². The summed E-state index contributed by atoms with van der Waals surface area (Å²) in [5.41, 5.74) is 3.57. The fourth-order valence-corrected chi connectivity index (χ4v) is 3.09. The molecule has 0 aliphatic heterocycles. The Morgan fingerprint density at radius 2 is 2.12 bits per heavy atom. The van der Waals surface area contributed by atoms with E-state index < -0.39 is 5.97 Å². The number of ether oxygens (including phenoxy) is 1. The number of hydrogen-bond donors (Lipinski definition) is 0. The van der Waals surface area contributed by atoms with Gasteiger partial charge in [-0.05, 0) is 29.8 Å². The van der Waals surface area contributed by atoms with Gasteiger partial charge in [0, 0.05) is 10.7 Å². The fraction of sp³-hybridized carbons (Fsp3) is 0.167. The van der Waals surface area contributed by atoms with Crippen molar-refractivity contribution in [3.05, 3.63) is 64.8 Å². The Balaban J connectivity index is 2.06. The molecule has 24 heavy (non-hydrogen) atoms. The summed E-state index contributed by atoms with van der Waals surface area (Å²) in [6, 6.07) is 15.1. The third kappa shape index (κ3) is 3.03. The van der Waals surface area contributed by atoms with Crippen LogP contribution in [0.5, 0.6) is 0 Å². The van der Waals surface area contributed by atoms with Gasteiger partial charge in [0.15, 0.2) is 0 Å². The summed E-state index contributed by atoms with van der Waals surface area (Å²) in [7, 11) is 1.32. The molecule has 0 saturated carbocycles.